The van der Waals surface area contributed by atoms with E-state index < -0.39 is 11.7 Å². The van der Waals surface area contributed by atoms with Crippen LogP contribution < -0.4 is 5.32 Å². The summed E-state index contributed by atoms with van der Waals surface area (Å²) in [7, 11) is 0. The van der Waals surface area contributed by atoms with Gasteiger partial charge in [-0.05, 0) is 42.1 Å². The highest BCUT2D eigenvalue weighted by Gasteiger charge is 2.32. The lowest BCUT2D eigenvalue weighted by Gasteiger charge is -2.30. The number of thiophene rings is 1. The summed E-state index contributed by atoms with van der Waals surface area (Å²) >= 11 is 1.60. The van der Waals surface area contributed by atoms with Gasteiger partial charge < -0.3 is 5.32 Å². The first-order valence-corrected chi connectivity index (χ1v) is 8.59. The molecule has 1 aliphatic heterocycles. The minimum absolute atomic E-state index is 0.114. The molecule has 0 aliphatic carbocycles. The summed E-state index contributed by atoms with van der Waals surface area (Å²) < 4.78 is 39.2. The van der Waals surface area contributed by atoms with Crippen molar-refractivity contribution in [3.8, 4) is 0 Å². The molecule has 0 saturated carbocycles. The topological polar surface area (TPSA) is 15.3 Å². The molecule has 23 heavy (non-hydrogen) atoms. The normalized spacial score (nSPS) is 18.6. The zero-order chi connectivity index (χ0) is 16.3. The number of halogens is 3. The monoisotopic (exact) mass is 340 g/mol. The second kappa shape index (κ2) is 7.03. The molecule has 1 N–H and O–H groups in total. The Morgan fingerprint density at radius 3 is 2.70 bits per heavy atom. The van der Waals surface area contributed by atoms with Crippen LogP contribution in [0, 0.1) is 0 Å². The summed E-state index contributed by atoms with van der Waals surface area (Å²) in [5, 5.41) is 5.32. The Morgan fingerprint density at radius 1 is 1.09 bits per heavy atom. The molecule has 0 amide bonds. The lowest BCUT2D eigenvalue weighted by atomic mass is 10.0. The maximum atomic E-state index is 13.1. The van der Waals surface area contributed by atoms with E-state index in [1.165, 1.54) is 12.1 Å². The highest BCUT2D eigenvalue weighted by molar-refractivity contribution is 7.10. The largest absolute Gasteiger partial charge is 0.416 e. The molecule has 6 heteroatoms. The van der Waals surface area contributed by atoms with Crippen LogP contribution in [0.1, 0.15) is 28.5 Å². The van der Waals surface area contributed by atoms with Gasteiger partial charge in [-0.2, -0.15) is 13.2 Å². The molecule has 0 radical (unpaired) electrons. The molecule has 124 valence electrons. The molecular formula is C17H19F3N2S. The van der Waals surface area contributed by atoms with Crippen molar-refractivity contribution in [1.82, 2.24) is 10.2 Å². The predicted molar refractivity (Wildman–Crippen MR) is 86.7 cm³/mol. The lowest BCUT2D eigenvalue weighted by molar-refractivity contribution is -0.137. The summed E-state index contributed by atoms with van der Waals surface area (Å²) in [5.41, 5.74) is 0.133. The summed E-state index contributed by atoms with van der Waals surface area (Å²) in [5.74, 6) is 0. The minimum atomic E-state index is -4.31. The Kier molecular flexibility index (Phi) is 5.04. The Morgan fingerprint density at radius 2 is 1.96 bits per heavy atom. The molecule has 1 aliphatic rings. The maximum Gasteiger partial charge on any atom is 0.416 e. The van der Waals surface area contributed by atoms with E-state index in [0.717, 1.165) is 43.5 Å². The second-order valence-electron chi connectivity index (χ2n) is 5.68. The van der Waals surface area contributed by atoms with E-state index in [4.69, 9.17) is 0 Å². The first kappa shape index (κ1) is 16.5. The number of benzene rings is 1. The fraction of sp³-hybridized carbons (Fsp3) is 0.412. The first-order chi connectivity index (χ1) is 11.1. The fourth-order valence-electron chi connectivity index (χ4n) is 3.01. The van der Waals surface area contributed by atoms with Crippen LogP contribution in [-0.4, -0.2) is 31.1 Å². The van der Waals surface area contributed by atoms with Gasteiger partial charge in [-0.3, -0.25) is 4.90 Å². The van der Waals surface area contributed by atoms with Gasteiger partial charge in [0.05, 0.1) is 11.6 Å². The number of nitrogens with zero attached hydrogens (tertiary/aromatic N) is 1. The van der Waals surface area contributed by atoms with Gasteiger partial charge in [-0.15, -0.1) is 11.3 Å². The molecular weight excluding hydrogens is 321 g/mol. The van der Waals surface area contributed by atoms with Crippen molar-refractivity contribution in [2.75, 3.05) is 26.2 Å². The third kappa shape index (κ3) is 3.94. The molecule has 2 heterocycles. The molecule has 1 saturated heterocycles. The van der Waals surface area contributed by atoms with E-state index in [1.54, 1.807) is 17.4 Å². The standard InChI is InChI=1S/C17H19F3N2S/c18-17(19,20)14-5-1-4-13(12-14)16(15-6-2-11-23-15)22-9-3-7-21-8-10-22/h1-2,4-6,11-12,16,21H,3,7-10H2. The van der Waals surface area contributed by atoms with E-state index in [2.05, 4.69) is 10.2 Å². The summed E-state index contributed by atoms with van der Waals surface area (Å²) in [6.07, 6.45) is -3.31. The Bertz CT molecular complexity index is 617. The minimum Gasteiger partial charge on any atom is -0.315 e. The molecule has 0 bridgehead atoms. The molecule has 1 fully saturated rings. The van der Waals surface area contributed by atoms with Gasteiger partial charge in [-0.25, -0.2) is 0 Å². The van der Waals surface area contributed by atoms with Crippen LogP contribution in [0.25, 0.3) is 0 Å². The van der Waals surface area contributed by atoms with E-state index in [9.17, 15) is 13.2 Å². The van der Waals surface area contributed by atoms with Crippen molar-refractivity contribution in [3.05, 3.63) is 57.8 Å². The van der Waals surface area contributed by atoms with Crippen molar-refractivity contribution >= 4 is 11.3 Å². The number of hydrogen-bond donors (Lipinski definition) is 1. The van der Waals surface area contributed by atoms with E-state index in [1.807, 2.05) is 17.5 Å². The highest BCUT2D eigenvalue weighted by Crippen LogP contribution is 2.36. The van der Waals surface area contributed by atoms with Gasteiger partial charge >= 0.3 is 6.18 Å². The van der Waals surface area contributed by atoms with Crippen molar-refractivity contribution in [3.63, 3.8) is 0 Å². The quantitative estimate of drug-likeness (QED) is 0.903. The van der Waals surface area contributed by atoms with Gasteiger partial charge in [0.2, 0.25) is 0 Å². The smallest absolute Gasteiger partial charge is 0.315 e. The highest BCUT2D eigenvalue weighted by atomic mass is 32.1. The number of rotatable bonds is 3. The van der Waals surface area contributed by atoms with Crippen molar-refractivity contribution < 1.29 is 13.2 Å². The fourth-order valence-corrected chi connectivity index (χ4v) is 3.90. The molecule has 0 spiro atoms. The molecule has 1 atom stereocenters. The number of nitrogens with one attached hydrogen (secondary N) is 1. The number of alkyl halides is 3. The molecule has 1 unspecified atom stereocenters. The van der Waals surface area contributed by atoms with Gasteiger partial charge in [0.15, 0.2) is 0 Å². The zero-order valence-corrected chi connectivity index (χ0v) is 13.5. The van der Waals surface area contributed by atoms with Crippen LogP contribution in [-0.2, 0) is 6.18 Å². The first-order valence-electron chi connectivity index (χ1n) is 7.71. The van der Waals surface area contributed by atoms with Gasteiger partial charge in [-0.1, -0.05) is 18.2 Å². The van der Waals surface area contributed by atoms with Crippen LogP contribution >= 0.6 is 11.3 Å². The van der Waals surface area contributed by atoms with Gasteiger partial charge in [0.1, 0.15) is 0 Å². The van der Waals surface area contributed by atoms with Crippen LogP contribution in [0.5, 0.6) is 0 Å². The molecule has 2 nitrogen and oxygen atoms in total. The molecule has 3 rings (SSSR count). The van der Waals surface area contributed by atoms with Crippen LogP contribution in [0.15, 0.2) is 41.8 Å². The maximum absolute atomic E-state index is 13.1. The molecule has 1 aromatic carbocycles. The Labute approximate surface area is 137 Å². The summed E-state index contributed by atoms with van der Waals surface area (Å²) in [4.78, 5) is 3.37. The third-order valence-electron chi connectivity index (χ3n) is 4.08. The Hall–Kier alpha value is -1.37. The second-order valence-corrected chi connectivity index (χ2v) is 6.66. The van der Waals surface area contributed by atoms with Crippen LogP contribution in [0.4, 0.5) is 13.2 Å². The number of hydrogen-bond acceptors (Lipinski definition) is 3. The van der Waals surface area contributed by atoms with Gasteiger partial charge in [0.25, 0.3) is 0 Å². The van der Waals surface area contributed by atoms with E-state index in [0.29, 0.717) is 5.56 Å². The molecule has 1 aromatic heterocycles. The van der Waals surface area contributed by atoms with E-state index >= 15 is 0 Å². The predicted octanol–water partition coefficient (Wildman–Crippen LogP) is 4.15. The zero-order valence-electron chi connectivity index (χ0n) is 12.6. The Balaban J connectivity index is 1.98. The average molecular weight is 340 g/mol. The average Bonchev–Trinajstić information content (AvgIpc) is 2.90. The lowest BCUT2D eigenvalue weighted by Crippen LogP contribution is -2.32. The van der Waals surface area contributed by atoms with Crippen molar-refractivity contribution in [1.29, 1.82) is 0 Å². The van der Waals surface area contributed by atoms with E-state index in [-0.39, 0.29) is 6.04 Å². The van der Waals surface area contributed by atoms with Crippen molar-refractivity contribution in [2.24, 2.45) is 0 Å². The van der Waals surface area contributed by atoms with Crippen molar-refractivity contribution in [2.45, 2.75) is 18.6 Å². The van der Waals surface area contributed by atoms with Crippen LogP contribution in [0.3, 0.4) is 0 Å². The summed E-state index contributed by atoms with van der Waals surface area (Å²) in [6.45, 7) is 3.53. The third-order valence-corrected chi connectivity index (χ3v) is 5.01. The SMILES string of the molecule is FC(F)(F)c1cccc(C(c2cccs2)N2CCCNCC2)c1. The van der Waals surface area contributed by atoms with Gasteiger partial charge in [0, 0.05) is 24.5 Å². The summed E-state index contributed by atoms with van der Waals surface area (Å²) in [6, 6.07) is 9.59. The van der Waals surface area contributed by atoms with Crippen LogP contribution in [0.2, 0.25) is 0 Å². The molecule has 2 aromatic rings.